The maximum absolute atomic E-state index is 13.3. The first-order valence-electron chi connectivity index (χ1n) is 6.81. The average Bonchev–Trinajstić information content (AvgIpc) is 2.86. The Balaban J connectivity index is 2.21. The minimum absolute atomic E-state index is 0.0624. The molecule has 4 nitrogen and oxygen atoms in total. The van der Waals surface area contributed by atoms with E-state index in [9.17, 15) is 12.8 Å². The van der Waals surface area contributed by atoms with Crippen LogP contribution in [0.25, 0.3) is 0 Å². The molecule has 0 aromatic heterocycles. The lowest BCUT2D eigenvalue weighted by molar-refractivity contribution is 0.554. The molecule has 1 fully saturated rings. The van der Waals surface area contributed by atoms with Gasteiger partial charge in [-0.25, -0.2) is 17.5 Å². The Kier molecular flexibility index (Phi) is 5.25. The maximum Gasteiger partial charge on any atom is 0.240 e. The predicted molar refractivity (Wildman–Crippen MR) is 81.0 cm³/mol. The largest absolute Gasteiger partial charge is 0.240 e. The van der Waals surface area contributed by atoms with Crippen molar-refractivity contribution in [3.8, 4) is 6.07 Å². The molecule has 114 valence electrons. The summed E-state index contributed by atoms with van der Waals surface area (Å²) in [7, 11) is -3.73. The van der Waals surface area contributed by atoms with Crippen LogP contribution in [0.15, 0.2) is 23.1 Å². The van der Waals surface area contributed by atoms with Crippen molar-refractivity contribution in [1.82, 2.24) is 4.72 Å². The molecule has 0 spiro atoms. The quantitative estimate of drug-likeness (QED) is 0.902. The first kappa shape index (κ1) is 16.3. The SMILES string of the molecule is CCSC1CCCC1NS(=O)(=O)c1ccc(F)c(C#N)c1. The van der Waals surface area contributed by atoms with Gasteiger partial charge < -0.3 is 0 Å². The van der Waals surface area contributed by atoms with Crippen LogP contribution >= 0.6 is 11.8 Å². The van der Waals surface area contributed by atoms with Crippen LogP contribution in [0, 0.1) is 17.1 Å². The minimum atomic E-state index is -3.73. The third-order valence-corrected chi connectivity index (χ3v) is 6.32. The van der Waals surface area contributed by atoms with E-state index in [1.165, 1.54) is 6.07 Å². The Bertz CT molecular complexity index is 655. The first-order valence-corrected chi connectivity index (χ1v) is 9.34. The molecule has 0 aliphatic heterocycles. The van der Waals surface area contributed by atoms with Gasteiger partial charge in [-0.3, -0.25) is 0 Å². The molecule has 1 N–H and O–H groups in total. The van der Waals surface area contributed by atoms with Crippen LogP contribution < -0.4 is 4.72 Å². The smallest absolute Gasteiger partial charge is 0.207 e. The van der Waals surface area contributed by atoms with Crippen molar-refractivity contribution < 1.29 is 12.8 Å². The monoisotopic (exact) mass is 328 g/mol. The molecule has 0 radical (unpaired) electrons. The van der Waals surface area contributed by atoms with Crippen molar-refractivity contribution in [3.63, 3.8) is 0 Å². The molecule has 0 heterocycles. The summed E-state index contributed by atoms with van der Waals surface area (Å²) in [5, 5.41) is 9.07. The number of nitrogens with one attached hydrogen (secondary N) is 1. The van der Waals surface area contributed by atoms with Crippen LogP contribution in [-0.4, -0.2) is 25.5 Å². The minimum Gasteiger partial charge on any atom is -0.207 e. The number of sulfonamides is 1. The molecule has 1 aliphatic carbocycles. The van der Waals surface area contributed by atoms with Gasteiger partial charge >= 0.3 is 0 Å². The Labute approximate surface area is 128 Å². The normalized spacial score (nSPS) is 22.1. The molecule has 1 saturated carbocycles. The lowest BCUT2D eigenvalue weighted by atomic mass is 10.2. The maximum atomic E-state index is 13.3. The lowest BCUT2D eigenvalue weighted by Crippen LogP contribution is -2.38. The second kappa shape index (κ2) is 6.77. The summed E-state index contributed by atoms with van der Waals surface area (Å²) in [6.45, 7) is 2.05. The molecule has 21 heavy (non-hydrogen) atoms. The van der Waals surface area contributed by atoms with Crippen molar-refractivity contribution in [1.29, 1.82) is 5.26 Å². The number of halogens is 1. The van der Waals surface area contributed by atoms with E-state index in [0.29, 0.717) is 0 Å². The molecule has 1 aliphatic rings. The summed E-state index contributed by atoms with van der Waals surface area (Å²) in [6, 6.07) is 4.84. The molecule has 1 aromatic rings. The van der Waals surface area contributed by atoms with Crippen LogP contribution in [0.1, 0.15) is 31.7 Å². The average molecular weight is 328 g/mol. The first-order chi connectivity index (χ1) is 9.97. The van der Waals surface area contributed by atoms with Gasteiger partial charge in [0.05, 0.1) is 10.5 Å². The molecule has 2 rings (SSSR count). The van der Waals surface area contributed by atoms with E-state index in [4.69, 9.17) is 5.26 Å². The fraction of sp³-hybridized carbons (Fsp3) is 0.500. The molecule has 2 atom stereocenters. The summed E-state index contributed by atoms with van der Waals surface area (Å²) < 4.78 is 40.7. The fourth-order valence-corrected chi connectivity index (χ4v) is 5.12. The number of benzene rings is 1. The number of thioether (sulfide) groups is 1. The highest BCUT2D eigenvalue weighted by Gasteiger charge is 2.31. The zero-order chi connectivity index (χ0) is 15.5. The van der Waals surface area contributed by atoms with Crippen LogP contribution in [0.3, 0.4) is 0 Å². The molecule has 0 saturated heterocycles. The van der Waals surface area contributed by atoms with E-state index in [1.54, 1.807) is 17.8 Å². The van der Waals surface area contributed by atoms with Crippen LogP contribution in [0.5, 0.6) is 0 Å². The van der Waals surface area contributed by atoms with Gasteiger partial charge in [0.2, 0.25) is 10.0 Å². The van der Waals surface area contributed by atoms with Gasteiger partial charge in [0.25, 0.3) is 0 Å². The van der Waals surface area contributed by atoms with Crippen molar-refractivity contribution in [2.45, 2.75) is 42.4 Å². The number of hydrogen-bond donors (Lipinski definition) is 1. The topological polar surface area (TPSA) is 70.0 Å². The zero-order valence-corrected chi connectivity index (χ0v) is 13.3. The third-order valence-electron chi connectivity index (χ3n) is 3.51. The van der Waals surface area contributed by atoms with Gasteiger partial charge in [0.15, 0.2) is 0 Å². The third kappa shape index (κ3) is 3.76. The molecule has 0 amide bonds. The Morgan fingerprint density at radius 1 is 1.48 bits per heavy atom. The van der Waals surface area contributed by atoms with Gasteiger partial charge in [-0.2, -0.15) is 17.0 Å². The van der Waals surface area contributed by atoms with Crippen LogP contribution in [0.4, 0.5) is 4.39 Å². The van der Waals surface area contributed by atoms with Crippen LogP contribution in [-0.2, 0) is 10.0 Å². The Morgan fingerprint density at radius 3 is 2.90 bits per heavy atom. The van der Waals surface area contributed by atoms with E-state index >= 15 is 0 Å². The molecule has 1 aromatic carbocycles. The summed E-state index contributed by atoms with van der Waals surface area (Å²) in [4.78, 5) is -0.0624. The van der Waals surface area contributed by atoms with E-state index < -0.39 is 15.8 Å². The van der Waals surface area contributed by atoms with Crippen molar-refractivity contribution >= 4 is 21.8 Å². The van der Waals surface area contributed by atoms with Gasteiger partial charge in [-0.05, 0) is 36.8 Å². The lowest BCUT2D eigenvalue weighted by Gasteiger charge is -2.20. The summed E-state index contributed by atoms with van der Waals surface area (Å²) in [6.07, 6.45) is 2.81. The van der Waals surface area contributed by atoms with E-state index in [1.807, 2.05) is 6.92 Å². The fourth-order valence-electron chi connectivity index (χ4n) is 2.50. The van der Waals surface area contributed by atoms with Gasteiger partial charge in [0, 0.05) is 11.3 Å². The second-order valence-electron chi connectivity index (χ2n) is 4.91. The van der Waals surface area contributed by atoms with Gasteiger partial charge in [-0.15, -0.1) is 0 Å². The standard InChI is InChI=1S/C14H17FN2O2S2/c1-2-20-14-5-3-4-13(14)17-21(18,19)11-6-7-12(15)10(8-11)9-16/h6-8,13-14,17H,2-5H2,1H3. The summed E-state index contributed by atoms with van der Waals surface area (Å²) in [5.41, 5.74) is -0.260. The highest BCUT2D eigenvalue weighted by atomic mass is 32.2. The van der Waals surface area contributed by atoms with Gasteiger partial charge in [0.1, 0.15) is 11.9 Å². The number of rotatable bonds is 5. The van der Waals surface area contributed by atoms with E-state index in [0.717, 1.165) is 37.1 Å². The van der Waals surface area contributed by atoms with Crippen molar-refractivity contribution in [2.75, 3.05) is 5.75 Å². The van der Waals surface area contributed by atoms with E-state index in [-0.39, 0.29) is 21.8 Å². The van der Waals surface area contributed by atoms with Crippen molar-refractivity contribution in [3.05, 3.63) is 29.6 Å². The molecular formula is C14H17FN2O2S2. The van der Waals surface area contributed by atoms with Gasteiger partial charge in [-0.1, -0.05) is 13.3 Å². The molecule has 2 unspecified atom stereocenters. The molecule has 0 bridgehead atoms. The Hall–Kier alpha value is -1.10. The Morgan fingerprint density at radius 2 is 2.24 bits per heavy atom. The molecule has 7 heteroatoms. The number of hydrogen-bond acceptors (Lipinski definition) is 4. The summed E-state index contributed by atoms with van der Waals surface area (Å²) in [5.74, 6) is 0.231. The molecular weight excluding hydrogens is 311 g/mol. The number of nitrogens with zero attached hydrogens (tertiary/aromatic N) is 1. The zero-order valence-electron chi connectivity index (χ0n) is 11.7. The second-order valence-corrected chi connectivity index (χ2v) is 8.14. The number of nitriles is 1. The van der Waals surface area contributed by atoms with E-state index in [2.05, 4.69) is 4.72 Å². The predicted octanol–water partition coefficient (Wildman–Crippen LogP) is 2.65. The highest BCUT2D eigenvalue weighted by molar-refractivity contribution is 8.00. The van der Waals surface area contributed by atoms with Crippen molar-refractivity contribution in [2.24, 2.45) is 0 Å². The highest BCUT2D eigenvalue weighted by Crippen LogP contribution is 2.31. The van der Waals surface area contributed by atoms with Crippen LogP contribution in [0.2, 0.25) is 0 Å². The summed E-state index contributed by atoms with van der Waals surface area (Å²) >= 11 is 1.75.